The van der Waals surface area contributed by atoms with E-state index in [1.165, 1.54) is 6.20 Å². The molecule has 0 fully saturated rings. The number of hydrogen-bond donors (Lipinski definition) is 2. The van der Waals surface area contributed by atoms with Crippen molar-refractivity contribution in [3.8, 4) is 5.88 Å². The second-order valence-electron chi connectivity index (χ2n) is 3.73. The Balaban J connectivity index is 2.11. The molecule has 0 bridgehead atoms. The summed E-state index contributed by atoms with van der Waals surface area (Å²) in [6, 6.07) is 1.58. The van der Waals surface area contributed by atoms with Crippen LogP contribution >= 0.6 is 0 Å². The number of ether oxygens (including phenoxy) is 4. The topological polar surface area (TPSA) is 113 Å². The fourth-order valence-corrected chi connectivity index (χ4v) is 1.29. The maximum absolute atomic E-state index is 7.37. The lowest BCUT2D eigenvalue weighted by Crippen LogP contribution is -2.17. The quantitative estimate of drug-likeness (QED) is 0.329. The van der Waals surface area contributed by atoms with Gasteiger partial charge in [0.25, 0.3) is 0 Å². The van der Waals surface area contributed by atoms with Crippen LogP contribution in [0.25, 0.3) is 0 Å². The number of methoxy groups -OCH3 is 1. The van der Waals surface area contributed by atoms with Gasteiger partial charge in [0.2, 0.25) is 5.88 Å². The second-order valence-corrected chi connectivity index (χ2v) is 3.73. The largest absolute Gasteiger partial charge is 0.474 e. The number of amidine groups is 1. The van der Waals surface area contributed by atoms with Gasteiger partial charge in [-0.3, -0.25) is 5.41 Å². The Hall–Kier alpha value is -1.77. The third-order valence-electron chi connectivity index (χ3n) is 2.25. The van der Waals surface area contributed by atoms with E-state index in [4.69, 9.17) is 30.1 Å². The number of nitrogen functional groups attached to an aromatic ring is 1. The summed E-state index contributed by atoms with van der Waals surface area (Å²) in [4.78, 5) is 0. The lowest BCUT2D eigenvalue weighted by molar-refractivity contribution is 0.0176. The van der Waals surface area contributed by atoms with Crippen molar-refractivity contribution in [1.29, 1.82) is 5.41 Å². The fraction of sp³-hybridized carbons (Fsp3) is 0.583. The monoisotopic (exact) mass is 284 g/mol. The standard InChI is InChI=1S/C12H20N4O4/c1-17-4-5-18-6-7-19-8-9-20-12-10(11(13)14)2-3-15-16-12/h2-3H,4-9H2,1H3,(H3,13,14). The molecule has 8 heteroatoms. The zero-order valence-corrected chi connectivity index (χ0v) is 11.5. The number of nitrogens with one attached hydrogen (secondary N) is 1. The van der Waals surface area contributed by atoms with Crippen molar-refractivity contribution in [2.45, 2.75) is 0 Å². The maximum atomic E-state index is 7.37. The zero-order valence-electron chi connectivity index (χ0n) is 11.5. The summed E-state index contributed by atoms with van der Waals surface area (Å²) in [5, 5.41) is 14.8. The van der Waals surface area contributed by atoms with Gasteiger partial charge in [0, 0.05) is 7.11 Å². The van der Waals surface area contributed by atoms with Crippen LogP contribution in [0.1, 0.15) is 5.56 Å². The first-order valence-corrected chi connectivity index (χ1v) is 6.19. The molecular formula is C12H20N4O4. The lowest BCUT2D eigenvalue weighted by atomic mass is 10.3. The Kier molecular flexibility index (Phi) is 8.20. The minimum absolute atomic E-state index is 0.109. The molecule has 0 aliphatic rings. The van der Waals surface area contributed by atoms with Crippen molar-refractivity contribution in [2.75, 3.05) is 46.8 Å². The van der Waals surface area contributed by atoms with E-state index in [1.807, 2.05) is 0 Å². The van der Waals surface area contributed by atoms with E-state index in [0.29, 0.717) is 45.2 Å². The molecule has 8 nitrogen and oxygen atoms in total. The first-order chi connectivity index (χ1) is 9.75. The highest BCUT2D eigenvalue weighted by Crippen LogP contribution is 2.11. The van der Waals surface area contributed by atoms with Gasteiger partial charge in [0.15, 0.2) is 0 Å². The molecule has 0 aromatic carbocycles. The van der Waals surface area contributed by atoms with Crippen LogP contribution in [0.4, 0.5) is 0 Å². The van der Waals surface area contributed by atoms with Gasteiger partial charge >= 0.3 is 0 Å². The molecule has 20 heavy (non-hydrogen) atoms. The fourth-order valence-electron chi connectivity index (χ4n) is 1.29. The number of aromatic nitrogens is 2. The van der Waals surface area contributed by atoms with Crippen LogP contribution in [0.5, 0.6) is 5.88 Å². The summed E-state index contributed by atoms with van der Waals surface area (Å²) in [6.07, 6.45) is 1.46. The average molecular weight is 284 g/mol. The van der Waals surface area contributed by atoms with Crippen LogP contribution in [0.2, 0.25) is 0 Å². The molecule has 0 aliphatic carbocycles. The first kappa shape index (κ1) is 16.3. The molecule has 0 atom stereocenters. The highest BCUT2D eigenvalue weighted by Gasteiger charge is 2.07. The highest BCUT2D eigenvalue weighted by atomic mass is 16.6. The number of rotatable bonds is 11. The summed E-state index contributed by atoms with van der Waals surface area (Å²) in [7, 11) is 1.62. The van der Waals surface area contributed by atoms with Gasteiger partial charge in [0.1, 0.15) is 12.4 Å². The van der Waals surface area contributed by atoms with Gasteiger partial charge in [0.05, 0.1) is 44.8 Å². The second kappa shape index (κ2) is 10.1. The number of hydrogen-bond acceptors (Lipinski definition) is 7. The summed E-state index contributed by atoms with van der Waals surface area (Å²) in [5.74, 6) is 0.127. The molecule has 0 spiro atoms. The van der Waals surface area contributed by atoms with Crippen LogP contribution in [0.3, 0.4) is 0 Å². The van der Waals surface area contributed by atoms with Crippen LogP contribution in [0.15, 0.2) is 12.3 Å². The summed E-state index contributed by atoms with van der Waals surface area (Å²) < 4.78 is 20.7. The third-order valence-corrected chi connectivity index (χ3v) is 2.25. The molecule has 3 N–H and O–H groups in total. The third kappa shape index (κ3) is 6.41. The number of nitrogens with two attached hydrogens (primary N) is 1. The normalized spacial score (nSPS) is 10.4. The molecule has 0 saturated carbocycles. The summed E-state index contributed by atoms with van der Waals surface area (Å²) in [5.41, 5.74) is 5.82. The predicted octanol–water partition coefficient (Wildman–Crippen LogP) is -0.181. The minimum atomic E-state index is -0.109. The Morgan fingerprint density at radius 2 is 1.80 bits per heavy atom. The van der Waals surface area contributed by atoms with Crippen molar-refractivity contribution in [3.63, 3.8) is 0 Å². The van der Waals surface area contributed by atoms with E-state index in [2.05, 4.69) is 10.2 Å². The molecule has 0 amide bonds. The van der Waals surface area contributed by atoms with E-state index < -0.39 is 0 Å². The van der Waals surface area contributed by atoms with Gasteiger partial charge in [-0.25, -0.2) is 0 Å². The van der Waals surface area contributed by atoms with Crippen molar-refractivity contribution in [1.82, 2.24) is 10.2 Å². The molecular weight excluding hydrogens is 264 g/mol. The van der Waals surface area contributed by atoms with E-state index in [0.717, 1.165) is 0 Å². The number of nitrogens with zero attached hydrogens (tertiary/aromatic N) is 2. The maximum Gasteiger partial charge on any atom is 0.244 e. The Bertz CT molecular complexity index is 403. The molecule has 0 radical (unpaired) electrons. The van der Waals surface area contributed by atoms with E-state index in [9.17, 15) is 0 Å². The van der Waals surface area contributed by atoms with Crippen LogP contribution in [-0.2, 0) is 14.2 Å². The molecule has 1 heterocycles. The van der Waals surface area contributed by atoms with Gasteiger partial charge in [-0.1, -0.05) is 0 Å². The van der Waals surface area contributed by atoms with E-state index in [-0.39, 0.29) is 11.7 Å². The molecule has 0 saturated heterocycles. The predicted molar refractivity (Wildman–Crippen MR) is 72.1 cm³/mol. The van der Waals surface area contributed by atoms with Gasteiger partial charge < -0.3 is 24.7 Å². The van der Waals surface area contributed by atoms with Crippen LogP contribution < -0.4 is 10.5 Å². The van der Waals surface area contributed by atoms with Crippen LogP contribution in [-0.4, -0.2) is 62.8 Å². The van der Waals surface area contributed by atoms with E-state index >= 15 is 0 Å². The molecule has 1 aromatic heterocycles. The minimum Gasteiger partial charge on any atom is -0.474 e. The molecule has 1 rings (SSSR count). The SMILES string of the molecule is COCCOCCOCCOc1nnccc1C(=N)N. The van der Waals surface area contributed by atoms with Gasteiger partial charge in [-0.15, -0.1) is 5.10 Å². The molecule has 112 valence electrons. The zero-order chi connectivity index (χ0) is 14.6. The van der Waals surface area contributed by atoms with Gasteiger partial charge in [-0.05, 0) is 6.07 Å². The van der Waals surface area contributed by atoms with Crippen molar-refractivity contribution < 1.29 is 18.9 Å². The highest BCUT2D eigenvalue weighted by molar-refractivity contribution is 5.96. The van der Waals surface area contributed by atoms with Crippen molar-refractivity contribution in [3.05, 3.63) is 17.8 Å². The average Bonchev–Trinajstić information content (AvgIpc) is 2.46. The Labute approximate surface area is 117 Å². The van der Waals surface area contributed by atoms with E-state index in [1.54, 1.807) is 13.2 Å². The summed E-state index contributed by atoms with van der Waals surface area (Å²) >= 11 is 0. The smallest absolute Gasteiger partial charge is 0.244 e. The Morgan fingerprint density at radius 1 is 1.15 bits per heavy atom. The molecule has 0 aliphatic heterocycles. The van der Waals surface area contributed by atoms with Crippen molar-refractivity contribution >= 4 is 5.84 Å². The Morgan fingerprint density at radius 3 is 2.45 bits per heavy atom. The van der Waals surface area contributed by atoms with Crippen LogP contribution in [0, 0.1) is 5.41 Å². The van der Waals surface area contributed by atoms with Gasteiger partial charge in [-0.2, -0.15) is 5.10 Å². The first-order valence-electron chi connectivity index (χ1n) is 6.19. The lowest BCUT2D eigenvalue weighted by Gasteiger charge is -2.09. The molecule has 0 unspecified atom stereocenters. The summed E-state index contributed by atoms with van der Waals surface area (Å²) in [6.45, 7) is 2.81. The van der Waals surface area contributed by atoms with Crippen molar-refractivity contribution in [2.24, 2.45) is 5.73 Å². The molecule has 1 aromatic rings.